The molecule has 0 amide bonds. The second-order valence-corrected chi connectivity index (χ2v) is 4.57. The van der Waals surface area contributed by atoms with Crippen LogP contribution >= 0.6 is 0 Å². The van der Waals surface area contributed by atoms with E-state index in [1.165, 1.54) is 0 Å². The quantitative estimate of drug-likeness (QED) is 0.699. The Labute approximate surface area is 115 Å². The van der Waals surface area contributed by atoms with E-state index in [-0.39, 0.29) is 12.1 Å². The molecule has 0 fully saturated rings. The molecule has 1 rings (SSSR count). The Kier molecular flexibility index (Phi) is 7.48. The Morgan fingerprint density at radius 1 is 1.16 bits per heavy atom. The van der Waals surface area contributed by atoms with Gasteiger partial charge in [-0.3, -0.25) is 0 Å². The monoisotopic (exact) mass is 267 g/mol. The van der Waals surface area contributed by atoms with Gasteiger partial charge in [0.1, 0.15) is 5.75 Å². The lowest BCUT2D eigenvalue weighted by atomic mass is 10.1. The van der Waals surface area contributed by atoms with Crippen LogP contribution in [0.15, 0.2) is 24.3 Å². The van der Waals surface area contributed by atoms with Crippen LogP contribution in [0, 0.1) is 0 Å². The van der Waals surface area contributed by atoms with Gasteiger partial charge in [-0.2, -0.15) is 0 Å². The molecule has 0 saturated carbocycles. The average molecular weight is 267 g/mol. The lowest BCUT2D eigenvalue weighted by Crippen LogP contribution is -2.20. The van der Waals surface area contributed by atoms with Gasteiger partial charge in [-0.25, -0.2) is 0 Å². The van der Waals surface area contributed by atoms with E-state index >= 15 is 0 Å². The zero-order valence-electron chi connectivity index (χ0n) is 12.1. The van der Waals surface area contributed by atoms with Crippen molar-refractivity contribution in [3.05, 3.63) is 29.8 Å². The van der Waals surface area contributed by atoms with E-state index in [2.05, 4.69) is 0 Å². The van der Waals surface area contributed by atoms with E-state index in [9.17, 15) is 0 Å². The highest BCUT2D eigenvalue weighted by molar-refractivity contribution is 5.35. The van der Waals surface area contributed by atoms with Crippen LogP contribution < -0.4 is 10.5 Å². The molecular formula is C15H25NO3. The average Bonchev–Trinajstić information content (AvgIpc) is 2.39. The molecule has 1 aromatic carbocycles. The smallest absolute Gasteiger partial charge is 0.124 e. The van der Waals surface area contributed by atoms with Gasteiger partial charge >= 0.3 is 0 Å². The first-order valence-electron chi connectivity index (χ1n) is 6.81. The Bertz CT molecular complexity index is 355. The van der Waals surface area contributed by atoms with Gasteiger partial charge in [-0.1, -0.05) is 18.2 Å². The maximum atomic E-state index is 6.12. The first-order valence-corrected chi connectivity index (χ1v) is 6.81. The van der Waals surface area contributed by atoms with Crippen LogP contribution in [0.4, 0.5) is 0 Å². The number of rotatable bonds is 9. The summed E-state index contributed by atoms with van der Waals surface area (Å²) < 4.78 is 16.5. The lowest BCUT2D eigenvalue weighted by Gasteiger charge is -2.17. The highest BCUT2D eigenvalue weighted by Crippen LogP contribution is 2.23. The molecule has 0 aliphatic heterocycles. The van der Waals surface area contributed by atoms with Crippen molar-refractivity contribution in [3.63, 3.8) is 0 Å². The van der Waals surface area contributed by atoms with E-state index in [1.807, 2.05) is 45.0 Å². The zero-order valence-corrected chi connectivity index (χ0v) is 12.1. The van der Waals surface area contributed by atoms with E-state index in [0.29, 0.717) is 26.4 Å². The Morgan fingerprint density at radius 2 is 1.89 bits per heavy atom. The molecule has 0 aliphatic rings. The van der Waals surface area contributed by atoms with Crippen molar-refractivity contribution in [2.75, 3.05) is 26.4 Å². The predicted molar refractivity (Wildman–Crippen MR) is 76.4 cm³/mol. The van der Waals surface area contributed by atoms with Crippen LogP contribution in [0.3, 0.4) is 0 Å². The number of nitrogens with two attached hydrogens (primary N) is 1. The third kappa shape index (κ3) is 6.05. The first kappa shape index (κ1) is 16.0. The molecule has 1 aromatic rings. The Morgan fingerprint density at radius 3 is 2.58 bits per heavy atom. The van der Waals surface area contributed by atoms with Crippen LogP contribution in [0.25, 0.3) is 0 Å². The summed E-state index contributed by atoms with van der Waals surface area (Å²) in [6, 6.07) is 7.63. The summed E-state index contributed by atoms with van der Waals surface area (Å²) in [5.41, 5.74) is 7.10. The summed E-state index contributed by atoms with van der Waals surface area (Å²) in [4.78, 5) is 0. The maximum Gasteiger partial charge on any atom is 0.124 e. The summed E-state index contributed by atoms with van der Waals surface area (Å²) >= 11 is 0. The number of hydrogen-bond acceptors (Lipinski definition) is 4. The largest absolute Gasteiger partial charge is 0.494 e. The molecule has 0 aromatic heterocycles. The summed E-state index contributed by atoms with van der Waals surface area (Å²) in [7, 11) is 0. The minimum atomic E-state index is -0.179. The first-order chi connectivity index (χ1) is 9.15. The van der Waals surface area contributed by atoms with Gasteiger partial charge in [0.25, 0.3) is 0 Å². The van der Waals surface area contributed by atoms with Crippen LogP contribution in [-0.4, -0.2) is 32.5 Å². The molecule has 0 aliphatic carbocycles. The van der Waals surface area contributed by atoms with Crippen molar-refractivity contribution in [2.45, 2.75) is 32.9 Å². The number of para-hydroxylation sites is 1. The maximum absolute atomic E-state index is 6.12. The van der Waals surface area contributed by atoms with Crippen molar-refractivity contribution < 1.29 is 14.2 Å². The van der Waals surface area contributed by atoms with Gasteiger partial charge < -0.3 is 19.9 Å². The molecular weight excluding hydrogens is 242 g/mol. The van der Waals surface area contributed by atoms with Crippen molar-refractivity contribution in [1.29, 1.82) is 0 Å². The predicted octanol–water partition coefficient (Wildman–Crippen LogP) is 2.53. The summed E-state index contributed by atoms with van der Waals surface area (Å²) in [6.07, 6.45) is 0.232. The van der Waals surface area contributed by atoms with Gasteiger partial charge in [0, 0.05) is 5.56 Å². The van der Waals surface area contributed by atoms with Gasteiger partial charge in [0.15, 0.2) is 0 Å². The molecule has 0 saturated heterocycles. The molecule has 0 heterocycles. The number of benzene rings is 1. The zero-order chi connectivity index (χ0) is 14.1. The second kappa shape index (κ2) is 8.91. The summed E-state index contributed by atoms with van der Waals surface area (Å²) in [5.74, 6) is 0.833. The fraction of sp³-hybridized carbons (Fsp3) is 0.600. The van der Waals surface area contributed by atoms with Crippen LogP contribution in [0.5, 0.6) is 5.75 Å². The normalized spacial score (nSPS) is 12.7. The van der Waals surface area contributed by atoms with Crippen molar-refractivity contribution in [2.24, 2.45) is 5.73 Å². The number of ether oxygens (including phenoxy) is 3. The van der Waals surface area contributed by atoms with Gasteiger partial charge in [0.2, 0.25) is 0 Å². The molecule has 19 heavy (non-hydrogen) atoms. The SMILES string of the molecule is CCOc1ccccc1C(N)COCCOC(C)C. The molecule has 4 heteroatoms. The Hall–Kier alpha value is -1.10. The molecule has 0 spiro atoms. The standard InChI is InChI=1S/C15H25NO3/c1-4-18-15-8-6-5-7-13(15)14(16)11-17-9-10-19-12(2)3/h5-8,12,14H,4,9-11,16H2,1-3H3. The molecule has 0 radical (unpaired) electrons. The van der Waals surface area contributed by atoms with Crippen LogP contribution in [0.2, 0.25) is 0 Å². The molecule has 1 unspecified atom stereocenters. The molecule has 2 N–H and O–H groups in total. The minimum Gasteiger partial charge on any atom is -0.494 e. The van der Waals surface area contributed by atoms with Gasteiger partial charge in [0.05, 0.1) is 38.6 Å². The van der Waals surface area contributed by atoms with Gasteiger partial charge in [-0.15, -0.1) is 0 Å². The van der Waals surface area contributed by atoms with E-state index in [0.717, 1.165) is 11.3 Å². The van der Waals surface area contributed by atoms with Crippen molar-refractivity contribution in [1.82, 2.24) is 0 Å². The summed E-state index contributed by atoms with van der Waals surface area (Å²) in [6.45, 7) is 8.22. The van der Waals surface area contributed by atoms with Crippen molar-refractivity contribution >= 4 is 0 Å². The third-order valence-electron chi connectivity index (χ3n) is 2.59. The highest BCUT2D eigenvalue weighted by atomic mass is 16.5. The molecule has 1 atom stereocenters. The summed E-state index contributed by atoms with van der Waals surface area (Å²) in [5, 5.41) is 0. The molecule has 0 bridgehead atoms. The van der Waals surface area contributed by atoms with Crippen LogP contribution in [0.1, 0.15) is 32.4 Å². The van der Waals surface area contributed by atoms with Crippen molar-refractivity contribution in [3.8, 4) is 5.75 Å². The Balaban J connectivity index is 2.38. The van der Waals surface area contributed by atoms with E-state index in [4.69, 9.17) is 19.9 Å². The van der Waals surface area contributed by atoms with E-state index in [1.54, 1.807) is 0 Å². The fourth-order valence-corrected chi connectivity index (χ4v) is 1.72. The highest BCUT2D eigenvalue weighted by Gasteiger charge is 2.11. The third-order valence-corrected chi connectivity index (χ3v) is 2.59. The fourth-order valence-electron chi connectivity index (χ4n) is 1.72. The molecule has 4 nitrogen and oxygen atoms in total. The topological polar surface area (TPSA) is 53.7 Å². The molecule has 108 valence electrons. The lowest BCUT2D eigenvalue weighted by molar-refractivity contribution is 0.0160. The van der Waals surface area contributed by atoms with Crippen LogP contribution in [-0.2, 0) is 9.47 Å². The van der Waals surface area contributed by atoms with E-state index < -0.39 is 0 Å². The number of hydrogen-bond donors (Lipinski definition) is 1. The minimum absolute atomic E-state index is 0.179. The van der Waals surface area contributed by atoms with Gasteiger partial charge in [-0.05, 0) is 26.8 Å². The second-order valence-electron chi connectivity index (χ2n) is 4.57.